The number of hydrogen-bond donors (Lipinski definition) is 1. The van der Waals surface area contributed by atoms with Crippen LogP contribution in [0.3, 0.4) is 0 Å². The van der Waals surface area contributed by atoms with Gasteiger partial charge in [-0.2, -0.15) is 17.7 Å². The maximum Gasteiger partial charge on any atom is 0.416 e. The Morgan fingerprint density at radius 1 is 1.11 bits per heavy atom. The van der Waals surface area contributed by atoms with Crippen LogP contribution in [0.25, 0.3) is 6.08 Å². The van der Waals surface area contributed by atoms with E-state index in [9.17, 15) is 18.1 Å². The topological polar surface area (TPSA) is 38.7 Å². The molecular weight excluding hydrogens is 376 g/mol. The van der Waals surface area contributed by atoms with Crippen molar-refractivity contribution in [3.05, 3.63) is 60.2 Å². The Labute approximate surface area is 157 Å². The first kappa shape index (κ1) is 21.4. The molecule has 0 spiro atoms. The van der Waals surface area contributed by atoms with E-state index in [1.54, 1.807) is 31.2 Å². The fourth-order valence-electron chi connectivity index (χ4n) is 2.58. The van der Waals surface area contributed by atoms with E-state index in [-0.39, 0.29) is 12.7 Å². The quantitative estimate of drug-likeness (QED) is 0.669. The molecule has 0 fully saturated rings. The van der Waals surface area contributed by atoms with E-state index < -0.39 is 19.5 Å². The predicted octanol–water partition coefficient (Wildman–Crippen LogP) is 4.96. The molecule has 0 aliphatic carbocycles. The van der Waals surface area contributed by atoms with Crippen molar-refractivity contribution in [2.75, 3.05) is 6.61 Å². The second-order valence-corrected chi connectivity index (χ2v) is 8.57. The zero-order chi connectivity index (χ0) is 20.2. The Balaban J connectivity index is 2.50. The van der Waals surface area contributed by atoms with E-state index in [0.717, 1.165) is 12.1 Å². The molecule has 0 aromatic heterocycles. The molecule has 0 heterocycles. The molecule has 2 aromatic rings. The highest BCUT2D eigenvalue weighted by Crippen LogP contribution is 2.53. The minimum absolute atomic E-state index is 0.0370. The normalized spacial score (nSPS) is 14.1. The molecule has 0 saturated heterocycles. The van der Waals surface area contributed by atoms with Gasteiger partial charge in [0.2, 0.25) is 0 Å². The largest absolute Gasteiger partial charge is 0.490 e. The third-order valence-corrected chi connectivity index (χ3v) is 6.39. The van der Waals surface area contributed by atoms with Gasteiger partial charge in [-0.1, -0.05) is 12.7 Å². The van der Waals surface area contributed by atoms with Gasteiger partial charge in [0.05, 0.1) is 18.3 Å². The molecule has 27 heavy (non-hydrogen) atoms. The Kier molecular flexibility index (Phi) is 6.68. The molecule has 146 valence electrons. The Bertz CT molecular complexity index is 788. The summed E-state index contributed by atoms with van der Waals surface area (Å²) in [5.41, 5.74) is -0.104. The standard InChI is InChI=1S/C20H23F3O3P/c1-5-15-13-18(11-12-19(15)26-14(3)4)27(24,25-6-2)17-9-7-16(8-10-17)20(21,22)23/h5,7-14,24H,1,6H2,2-4H3/q+1. The third-order valence-electron chi connectivity index (χ3n) is 3.79. The Morgan fingerprint density at radius 2 is 1.70 bits per heavy atom. The van der Waals surface area contributed by atoms with Gasteiger partial charge >= 0.3 is 13.9 Å². The van der Waals surface area contributed by atoms with Crippen molar-refractivity contribution in [3.63, 3.8) is 0 Å². The lowest BCUT2D eigenvalue weighted by Crippen LogP contribution is -2.25. The van der Waals surface area contributed by atoms with Gasteiger partial charge < -0.3 is 4.74 Å². The highest BCUT2D eigenvalue weighted by Gasteiger charge is 2.45. The first-order valence-electron chi connectivity index (χ1n) is 8.49. The third kappa shape index (κ3) is 4.89. The van der Waals surface area contributed by atoms with Crippen molar-refractivity contribution in [2.24, 2.45) is 0 Å². The fraction of sp³-hybridized carbons (Fsp3) is 0.300. The lowest BCUT2D eigenvalue weighted by molar-refractivity contribution is -0.137. The van der Waals surface area contributed by atoms with Crippen LogP contribution in [0.1, 0.15) is 31.9 Å². The van der Waals surface area contributed by atoms with Crippen molar-refractivity contribution in [1.82, 2.24) is 0 Å². The van der Waals surface area contributed by atoms with Gasteiger partial charge in [-0.15, -0.1) is 0 Å². The maximum absolute atomic E-state index is 12.8. The van der Waals surface area contributed by atoms with Gasteiger partial charge in [0.25, 0.3) is 0 Å². The number of ether oxygens (including phenoxy) is 1. The summed E-state index contributed by atoms with van der Waals surface area (Å²) in [7, 11) is -3.31. The molecule has 0 bridgehead atoms. The van der Waals surface area contributed by atoms with Crippen LogP contribution < -0.4 is 15.3 Å². The van der Waals surface area contributed by atoms with Gasteiger partial charge in [0.1, 0.15) is 5.75 Å². The molecule has 7 heteroatoms. The van der Waals surface area contributed by atoms with Crippen LogP contribution >= 0.6 is 7.72 Å². The first-order valence-corrected chi connectivity index (χ1v) is 10.2. The van der Waals surface area contributed by atoms with Gasteiger partial charge in [-0.3, -0.25) is 0 Å². The van der Waals surface area contributed by atoms with Crippen molar-refractivity contribution >= 4 is 24.4 Å². The first-order chi connectivity index (χ1) is 12.6. The van der Waals surface area contributed by atoms with Crippen molar-refractivity contribution < 1.29 is 27.3 Å². The highest BCUT2D eigenvalue weighted by atomic mass is 31.2. The SMILES string of the molecule is C=Cc1cc([P+](O)(OCC)c2ccc(C(F)(F)F)cc2)ccc1OC(C)C. The average Bonchev–Trinajstić information content (AvgIpc) is 2.61. The molecule has 1 N–H and O–H groups in total. The molecule has 0 saturated carbocycles. The van der Waals surface area contributed by atoms with Crippen LogP contribution in [-0.2, 0) is 10.7 Å². The highest BCUT2D eigenvalue weighted by molar-refractivity contribution is 7.80. The lowest BCUT2D eigenvalue weighted by Gasteiger charge is -2.20. The molecule has 0 aliphatic heterocycles. The zero-order valence-corrected chi connectivity index (χ0v) is 16.3. The number of rotatable bonds is 7. The summed E-state index contributed by atoms with van der Waals surface area (Å²) in [4.78, 5) is 11.3. The van der Waals surface area contributed by atoms with E-state index in [4.69, 9.17) is 9.26 Å². The molecule has 3 nitrogen and oxygen atoms in total. The van der Waals surface area contributed by atoms with Crippen LogP contribution in [0.4, 0.5) is 13.2 Å². The summed E-state index contributed by atoms with van der Waals surface area (Å²) in [6.45, 7) is 9.48. The summed E-state index contributed by atoms with van der Waals surface area (Å²) in [6, 6.07) is 9.50. The summed E-state index contributed by atoms with van der Waals surface area (Å²) >= 11 is 0. The van der Waals surface area contributed by atoms with Gasteiger partial charge in [-0.05, 0) is 63.2 Å². The van der Waals surface area contributed by atoms with Gasteiger partial charge in [0, 0.05) is 5.56 Å². The van der Waals surface area contributed by atoms with Crippen LogP contribution in [0, 0.1) is 0 Å². The van der Waals surface area contributed by atoms with E-state index in [0.29, 0.717) is 21.9 Å². The summed E-state index contributed by atoms with van der Waals surface area (Å²) in [5, 5.41) is 0.792. The van der Waals surface area contributed by atoms with Crippen molar-refractivity contribution in [3.8, 4) is 5.75 Å². The number of halogens is 3. The zero-order valence-electron chi connectivity index (χ0n) is 15.5. The summed E-state index contributed by atoms with van der Waals surface area (Å²) in [5.74, 6) is 0.610. The Hall–Kier alpha value is -1.88. The molecule has 0 aliphatic rings. The Morgan fingerprint density at radius 3 is 2.19 bits per heavy atom. The molecule has 2 aromatic carbocycles. The van der Waals surface area contributed by atoms with Gasteiger partial charge in [0.15, 0.2) is 10.6 Å². The van der Waals surface area contributed by atoms with Gasteiger partial charge in [-0.25, -0.2) is 4.89 Å². The molecule has 0 amide bonds. The molecular formula is C20H23F3O3P+. The van der Waals surface area contributed by atoms with E-state index >= 15 is 0 Å². The minimum Gasteiger partial charge on any atom is -0.490 e. The van der Waals surface area contributed by atoms with E-state index in [1.807, 2.05) is 13.8 Å². The molecule has 1 unspecified atom stereocenters. The average molecular weight is 399 g/mol. The van der Waals surface area contributed by atoms with Crippen molar-refractivity contribution in [1.29, 1.82) is 0 Å². The van der Waals surface area contributed by atoms with Crippen molar-refractivity contribution in [2.45, 2.75) is 33.1 Å². The summed E-state index contributed by atoms with van der Waals surface area (Å²) in [6.07, 6.45) is -2.87. The van der Waals surface area contributed by atoms with Crippen LogP contribution in [0.2, 0.25) is 0 Å². The second kappa shape index (κ2) is 8.42. The molecule has 1 atom stereocenters. The number of alkyl halides is 3. The molecule has 0 radical (unpaired) electrons. The van der Waals surface area contributed by atoms with E-state index in [2.05, 4.69) is 6.58 Å². The monoisotopic (exact) mass is 399 g/mol. The summed E-state index contributed by atoms with van der Waals surface area (Å²) < 4.78 is 49.8. The fourth-order valence-corrected chi connectivity index (χ4v) is 4.70. The smallest absolute Gasteiger partial charge is 0.416 e. The predicted molar refractivity (Wildman–Crippen MR) is 104 cm³/mol. The van der Waals surface area contributed by atoms with E-state index in [1.165, 1.54) is 12.1 Å². The van der Waals surface area contributed by atoms with Crippen LogP contribution in [-0.4, -0.2) is 17.6 Å². The maximum atomic E-state index is 12.8. The number of hydrogen-bond acceptors (Lipinski definition) is 3. The minimum atomic E-state index is -4.44. The lowest BCUT2D eigenvalue weighted by atomic mass is 10.2. The second-order valence-electron chi connectivity index (χ2n) is 6.13. The van der Waals surface area contributed by atoms with Crippen LogP contribution in [0.5, 0.6) is 5.75 Å². The number of benzene rings is 2. The molecule has 2 rings (SSSR count). The van der Waals surface area contributed by atoms with Crippen LogP contribution in [0.15, 0.2) is 49.0 Å².